The van der Waals surface area contributed by atoms with Crippen LogP contribution < -0.4 is 0 Å². The third-order valence-corrected chi connectivity index (χ3v) is 1.07. The molecule has 0 saturated heterocycles. The highest BCUT2D eigenvalue weighted by Gasteiger charge is 2.06. The summed E-state index contributed by atoms with van der Waals surface area (Å²) >= 11 is 0. The SMILES string of the molecule is COOS(=O)(=O)OC. The van der Waals surface area contributed by atoms with Gasteiger partial charge in [0.15, 0.2) is 0 Å². The van der Waals surface area contributed by atoms with Gasteiger partial charge in [0.1, 0.15) is 0 Å². The second-order valence-electron chi connectivity index (χ2n) is 0.810. The molecule has 0 aromatic heterocycles. The maximum absolute atomic E-state index is 10.0. The average molecular weight is 142 g/mol. The Kier molecular flexibility index (Phi) is 2.91. The van der Waals surface area contributed by atoms with E-state index in [9.17, 15) is 8.42 Å². The third-order valence-electron chi connectivity index (χ3n) is 0.355. The highest BCUT2D eigenvalue weighted by atomic mass is 32.3. The molecule has 0 saturated carbocycles. The molecule has 5 nitrogen and oxygen atoms in total. The lowest BCUT2D eigenvalue weighted by molar-refractivity contribution is -0.180. The Bertz CT molecular complexity index is 135. The zero-order valence-electron chi connectivity index (χ0n) is 4.45. The molecule has 6 heteroatoms. The maximum atomic E-state index is 10.0. The van der Waals surface area contributed by atoms with Crippen molar-refractivity contribution in [3.8, 4) is 0 Å². The number of rotatable bonds is 3. The molecule has 8 heavy (non-hydrogen) atoms. The van der Waals surface area contributed by atoms with Crippen molar-refractivity contribution >= 4 is 10.4 Å². The van der Waals surface area contributed by atoms with Crippen molar-refractivity contribution in [3.05, 3.63) is 0 Å². The summed E-state index contributed by atoms with van der Waals surface area (Å²) in [4.78, 5) is 3.78. The first kappa shape index (κ1) is 7.83. The topological polar surface area (TPSA) is 61.8 Å². The van der Waals surface area contributed by atoms with Gasteiger partial charge in [-0.25, -0.2) is 9.07 Å². The maximum Gasteiger partial charge on any atom is 0.426 e. The van der Waals surface area contributed by atoms with Crippen LogP contribution in [0.15, 0.2) is 0 Å². The van der Waals surface area contributed by atoms with Crippen LogP contribution in [0.2, 0.25) is 0 Å². The molecule has 0 heterocycles. The summed E-state index contributed by atoms with van der Waals surface area (Å²) in [6, 6.07) is 0. The number of hydrogen-bond acceptors (Lipinski definition) is 5. The summed E-state index contributed by atoms with van der Waals surface area (Å²) in [5.41, 5.74) is 0. The standard InChI is InChI=1S/C2H6O5S/c1-5-7-8(3,4)6-2/h1-2H3. The third kappa shape index (κ3) is 2.92. The molecular formula is C2H6O5S. The quantitative estimate of drug-likeness (QED) is 0.391. The van der Waals surface area contributed by atoms with Gasteiger partial charge in [-0.1, -0.05) is 4.33 Å². The molecule has 0 bridgehead atoms. The first-order valence-electron chi connectivity index (χ1n) is 1.65. The van der Waals surface area contributed by atoms with Crippen LogP contribution in [0.25, 0.3) is 0 Å². The minimum Gasteiger partial charge on any atom is -0.250 e. The van der Waals surface area contributed by atoms with Gasteiger partial charge in [0.25, 0.3) is 0 Å². The van der Waals surface area contributed by atoms with Crippen molar-refractivity contribution in [1.29, 1.82) is 0 Å². The molecule has 0 radical (unpaired) electrons. The Morgan fingerprint density at radius 2 is 1.75 bits per heavy atom. The van der Waals surface area contributed by atoms with E-state index in [1.807, 2.05) is 0 Å². The van der Waals surface area contributed by atoms with E-state index >= 15 is 0 Å². The van der Waals surface area contributed by atoms with Crippen molar-refractivity contribution in [2.75, 3.05) is 14.2 Å². The molecule has 0 aromatic carbocycles. The highest BCUT2D eigenvalue weighted by molar-refractivity contribution is 7.81. The van der Waals surface area contributed by atoms with Gasteiger partial charge < -0.3 is 0 Å². The highest BCUT2D eigenvalue weighted by Crippen LogP contribution is 1.90. The van der Waals surface area contributed by atoms with Gasteiger partial charge in [0.05, 0.1) is 14.2 Å². The number of hydrogen-bond donors (Lipinski definition) is 0. The van der Waals surface area contributed by atoms with Gasteiger partial charge in [-0.05, 0) is 0 Å². The summed E-state index contributed by atoms with van der Waals surface area (Å²) in [7, 11) is -1.86. The van der Waals surface area contributed by atoms with E-state index in [2.05, 4.69) is 13.4 Å². The lowest BCUT2D eigenvalue weighted by Crippen LogP contribution is -2.05. The normalized spacial score (nSPS) is 11.8. The van der Waals surface area contributed by atoms with Gasteiger partial charge in [-0.15, -0.1) is 0 Å². The van der Waals surface area contributed by atoms with E-state index in [1.165, 1.54) is 0 Å². The Morgan fingerprint density at radius 1 is 1.25 bits per heavy atom. The molecule has 0 aliphatic rings. The molecular weight excluding hydrogens is 136 g/mol. The van der Waals surface area contributed by atoms with E-state index in [1.54, 1.807) is 0 Å². The lowest BCUT2D eigenvalue weighted by Gasteiger charge is -1.94. The van der Waals surface area contributed by atoms with Gasteiger partial charge in [0.2, 0.25) is 0 Å². The second kappa shape index (κ2) is 2.98. The Labute approximate surface area is 47.4 Å². The van der Waals surface area contributed by atoms with Crippen molar-refractivity contribution in [3.63, 3.8) is 0 Å². The average Bonchev–Trinajstić information content (AvgIpc) is 1.67. The van der Waals surface area contributed by atoms with Crippen molar-refractivity contribution < 1.29 is 21.8 Å². The Hall–Kier alpha value is -0.170. The van der Waals surface area contributed by atoms with Gasteiger partial charge >= 0.3 is 10.4 Å². The van der Waals surface area contributed by atoms with Crippen LogP contribution in [-0.2, 0) is 23.8 Å². The van der Waals surface area contributed by atoms with Gasteiger partial charge in [0, 0.05) is 0 Å². The Balaban J connectivity index is 3.76. The van der Waals surface area contributed by atoms with Crippen LogP contribution in [0, 0.1) is 0 Å². The van der Waals surface area contributed by atoms with E-state index < -0.39 is 10.4 Å². The zero-order chi connectivity index (χ0) is 6.62. The predicted octanol–water partition coefficient (Wildman–Crippen LogP) is -0.544. The fourth-order valence-corrected chi connectivity index (χ4v) is 0.333. The van der Waals surface area contributed by atoms with Crippen molar-refractivity contribution in [1.82, 2.24) is 0 Å². The molecule has 0 amide bonds. The lowest BCUT2D eigenvalue weighted by atomic mass is 11.8. The van der Waals surface area contributed by atoms with Gasteiger partial charge in [-0.3, -0.25) is 0 Å². The largest absolute Gasteiger partial charge is 0.426 e. The van der Waals surface area contributed by atoms with E-state index in [-0.39, 0.29) is 0 Å². The summed E-state index contributed by atoms with van der Waals surface area (Å²) in [5, 5.41) is 0. The fourth-order valence-electron chi connectivity index (χ4n) is 0.111. The summed E-state index contributed by atoms with van der Waals surface area (Å²) in [6.45, 7) is 0. The van der Waals surface area contributed by atoms with Crippen molar-refractivity contribution in [2.24, 2.45) is 0 Å². The zero-order valence-corrected chi connectivity index (χ0v) is 5.27. The van der Waals surface area contributed by atoms with Crippen LogP contribution in [0.1, 0.15) is 0 Å². The molecule has 0 aliphatic carbocycles. The molecule has 0 unspecified atom stereocenters. The van der Waals surface area contributed by atoms with Crippen LogP contribution in [-0.4, -0.2) is 22.6 Å². The molecule has 0 aromatic rings. The molecule has 0 rings (SSSR count). The minimum absolute atomic E-state index is 0.967. The molecule has 0 atom stereocenters. The van der Waals surface area contributed by atoms with Crippen LogP contribution in [0.5, 0.6) is 0 Å². The van der Waals surface area contributed by atoms with Crippen molar-refractivity contribution in [2.45, 2.75) is 0 Å². The van der Waals surface area contributed by atoms with E-state index in [4.69, 9.17) is 0 Å². The molecule has 0 fully saturated rings. The first-order valence-corrected chi connectivity index (χ1v) is 2.98. The molecule has 50 valence electrons. The van der Waals surface area contributed by atoms with E-state index in [0.29, 0.717) is 0 Å². The van der Waals surface area contributed by atoms with E-state index in [0.717, 1.165) is 14.2 Å². The summed E-state index contributed by atoms with van der Waals surface area (Å²) in [6.07, 6.45) is 0. The second-order valence-corrected chi connectivity index (χ2v) is 2.10. The monoisotopic (exact) mass is 142 g/mol. The molecule has 0 aliphatic heterocycles. The molecule has 0 N–H and O–H groups in total. The smallest absolute Gasteiger partial charge is 0.250 e. The Morgan fingerprint density at radius 3 is 1.88 bits per heavy atom. The fraction of sp³-hybridized carbons (Fsp3) is 1.00. The summed E-state index contributed by atoms with van der Waals surface area (Å²) in [5.74, 6) is 0. The first-order chi connectivity index (χ1) is 3.62. The predicted molar refractivity (Wildman–Crippen MR) is 24.0 cm³/mol. The van der Waals surface area contributed by atoms with Crippen LogP contribution in [0.4, 0.5) is 0 Å². The van der Waals surface area contributed by atoms with Crippen LogP contribution >= 0.6 is 0 Å². The summed E-state index contributed by atoms with van der Waals surface area (Å²) < 4.78 is 27.5. The minimum atomic E-state index is -3.89. The van der Waals surface area contributed by atoms with Gasteiger partial charge in [-0.2, -0.15) is 8.42 Å². The molecule has 0 spiro atoms. The van der Waals surface area contributed by atoms with Crippen LogP contribution in [0.3, 0.4) is 0 Å².